The van der Waals surface area contributed by atoms with Crippen molar-refractivity contribution in [3.63, 3.8) is 0 Å². The molecule has 0 bridgehead atoms. The Labute approximate surface area is 148 Å². The number of carbonyl (C=O) groups excluding carboxylic acids is 1. The lowest BCUT2D eigenvalue weighted by Crippen LogP contribution is -2.55. The van der Waals surface area contributed by atoms with Crippen LogP contribution in [-0.4, -0.2) is 40.6 Å². The summed E-state index contributed by atoms with van der Waals surface area (Å²) in [5, 5.41) is 9.76. The van der Waals surface area contributed by atoms with Gasteiger partial charge in [0.15, 0.2) is 0 Å². The molecule has 3 rings (SSSR count). The molecular weight excluding hydrogens is 318 g/mol. The van der Waals surface area contributed by atoms with Gasteiger partial charge in [-0.2, -0.15) is 0 Å². The first kappa shape index (κ1) is 17.5. The van der Waals surface area contributed by atoms with E-state index in [1.54, 1.807) is 6.07 Å². The van der Waals surface area contributed by atoms with Crippen LogP contribution in [0.25, 0.3) is 0 Å². The van der Waals surface area contributed by atoms with Crippen molar-refractivity contribution in [2.24, 2.45) is 5.92 Å². The molecule has 1 atom stereocenters. The Bertz CT molecular complexity index is 674. The molecule has 0 aromatic heterocycles. The van der Waals surface area contributed by atoms with Crippen LogP contribution in [0.3, 0.4) is 0 Å². The van der Waals surface area contributed by atoms with Gasteiger partial charge in [0, 0.05) is 31.8 Å². The van der Waals surface area contributed by atoms with Gasteiger partial charge in [0.25, 0.3) is 0 Å². The Hall–Kier alpha value is -2.30. The normalized spacial score (nSPS) is 22.4. The molecule has 1 aromatic rings. The number of piperidine rings is 1. The van der Waals surface area contributed by atoms with E-state index in [1.807, 2.05) is 30.0 Å². The number of carbonyl (C=O) groups is 2. The molecule has 0 radical (unpaired) electrons. The number of nitrogens with zero attached hydrogens (tertiary/aromatic N) is 1. The van der Waals surface area contributed by atoms with Crippen LogP contribution in [0, 0.1) is 12.8 Å². The summed E-state index contributed by atoms with van der Waals surface area (Å²) in [6.07, 6.45) is 7.42. The van der Waals surface area contributed by atoms with Crippen LogP contribution >= 0.6 is 0 Å². The molecule has 5 nitrogen and oxygen atoms in total. The molecule has 134 valence electrons. The second-order valence-corrected chi connectivity index (χ2v) is 7.02. The number of rotatable bonds is 4. The third kappa shape index (κ3) is 3.86. The van der Waals surface area contributed by atoms with Gasteiger partial charge < -0.3 is 14.7 Å². The molecule has 0 unspecified atom stereocenters. The average Bonchev–Trinajstić information content (AvgIpc) is 2.62. The van der Waals surface area contributed by atoms with E-state index in [0.29, 0.717) is 31.7 Å². The Morgan fingerprint density at radius 1 is 1.24 bits per heavy atom. The summed E-state index contributed by atoms with van der Waals surface area (Å²) < 4.78 is 5.91. The van der Waals surface area contributed by atoms with Gasteiger partial charge in [-0.15, -0.1) is 0 Å². The topological polar surface area (TPSA) is 66.8 Å². The van der Waals surface area contributed by atoms with Gasteiger partial charge >= 0.3 is 5.97 Å². The fourth-order valence-corrected chi connectivity index (χ4v) is 3.63. The lowest BCUT2D eigenvalue weighted by atomic mass is 9.88. The molecule has 1 heterocycles. The smallest absolute Gasteiger partial charge is 0.348 e. The molecule has 1 saturated heterocycles. The SMILES string of the molecule is Cc1cccc(OC2(C(=O)O)CCN(C(=O)[C@H]3CC=CCC3)CC2)c1. The summed E-state index contributed by atoms with van der Waals surface area (Å²) >= 11 is 0. The Morgan fingerprint density at radius 3 is 2.60 bits per heavy atom. The van der Waals surface area contributed by atoms with Crippen LogP contribution in [-0.2, 0) is 9.59 Å². The highest BCUT2D eigenvalue weighted by Gasteiger charge is 2.45. The number of allylic oxidation sites excluding steroid dienone is 2. The second-order valence-electron chi connectivity index (χ2n) is 7.02. The summed E-state index contributed by atoms with van der Waals surface area (Å²) in [5.41, 5.74) is -0.229. The van der Waals surface area contributed by atoms with E-state index in [-0.39, 0.29) is 11.8 Å². The molecule has 1 amide bonds. The molecule has 5 heteroatoms. The van der Waals surface area contributed by atoms with Crippen LogP contribution in [0.1, 0.15) is 37.7 Å². The highest BCUT2D eigenvalue weighted by molar-refractivity contribution is 5.81. The van der Waals surface area contributed by atoms with Gasteiger partial charge in [0.2, 0.25) is 11.5 Å². The van der Waals surface area contributed by atoms with Crippen LogP contribution in [0.5, 0.6) is 5.75 Å². The van der Waals surface area contributed by atoms with Crippen molar-refractivity contribution in [1.29, 1.82) is 0 Å². The van der Waals surface area contributed by atoms with Crippen molar-refractivity contribution in [3.8, 4) is 5.75 Å². The highest BCUT2D eigenvalue weighted by atomic mass is 16.5. The quantitative estimate of drug-likeness (QED) is 0.853. The Balaban J connectivity index is 1.67. The molecule has 25 heavy (non-hydrogen) atoms. The summed E-state index contributed by atoms with van der Waals surface area (Å²) in [7, 11) is 0. The molecule has 2 aliphatic rings. The Kier molecular flexibility index (Phi) is 5.11. The molecule has 1 aliphatic carbocycles. The number of carboxylic acids is 1. The summed E-state index contributed by atoms with van der Waals surface area (Å²) in [5.74, 6) is -0.194. The average molecular weight is 343 g/mol. The number of amides is 1. The van der Waals surface area contributed by atoms with Crippen molar-refractivity contribution in [1.82, 2.24) is 4.90 Å². The predicted octanol–water partition coefficient (Wildman–Crippen LogP) is 3.18. The molecule has 0 saturated carbocycles. The number of hydrogen-bond acceptors (Lipinski definition) is 3. The molecule has 0 spiro atoms. The number of aryl methyl sites for hydroxylation is 1. The summed E-state index contributed by atoms with van der Waals surface area (Å²) in [4.78, 5) is 26.4. The number of hydrogen-bond donors (Lipinski definition) is 1. The van der Waals surface area contributed by atoms with Crippen molar-refractivity contribution in [3.05, 3.63) is 42.0 Å². The van der Waals surface area contributed by atoms with Gasteiger partial charge in [-0.25, -0.2) is 4.79 Å². The van der Waals surface area contributed by atoms with Crippen molar-refractivity contribution < 1.29 is 19.4 Å². The first-order chi connectivity index (χ1) is 12.0. The zero-order valence-corrected chi connectivity index (χ0v) is 14.6. The Morgan fingerprint density at radius 2 is 2.00 bits per heavy atom. The zero-order chi connectivity index (χ0) is 17.9. The van der Waals surface area contributed by atoms with Crippen molar-refractivity contribution >= 4 is 11.9 Å². The van der Waals surface area contributed by atoms with E-state index >= 15 is 0 Å². The fraction of sp³-hybridized carbons (Fsp3) is 0.500. The number of carboxylic acid groups (broad SMARTS) is 1. The molecule has 1 N–H and O–H groups in total. The zero-order valence-electron chi connectivity index (χ0n) is 14.6. The third-order valence-electron chi connectivity index (χ3n) is 5.19. The third-order valence-corrected chi connectivity index (χ3v) is 5.19. The minimum absolute atomic E-state index is 0.0417. The van der Waals surface area contributed by atoms with Crippen LogP contribution in [0.2, 0.25) is 0 Å². The largest absolute Gasteiger partial charge is 0.478 e. The second kappa shape index (κ2) is 7.30. The number of benzene rings is 1. The maximum atomic E-state index is 12.6. The number of likely N-dealkylation sites (tertiary alicyclic amines) is 1. The minimum atomic E-state index is -1.25. The van der Waals surface area contributed by atoms with E-state index < -0.39 is 11.6 Å². The molecular formula is C20H25NO4. The van der Waals surface area contributed by atoms with Crippen molar-refractivity contribution in [2.75, 3.05) is 13.1 Å². The molecule has 1 aromatic carbocycles. The maximum Gasteiger partial charge on any atom is 0.348 e. The van der Waals surface area contributed by atoms with Gasteiger partial charge in [-0.3, -0.25) is 4.79 Å². The van der Waals surface area contributed by atoms with Gasteiger partial charge in [-0.1, -0.05) is 24.3 Å². The van der Waals surface area contributed by atoms with E-state index in [2.05, 4.69) is 12.2 Å². The fourth-order valence-electron chi connectivity index (χ4n) is 3.63. The predicted molar refractivity (Wildman–Crippen MR) is 94.5 cm³/mol. The van der Waals surface area contributed by atoms with Crippen LogP contribution < -0.4 is 4.74 Å². The van der Waals surface area contributed by atoms with E-state index in [0.717, 1.165) is 24.8 Å². The lowest BCUT2D eigenvalue weighted by molar-refractivity contribution is -0.162. The van der Waals surface area contributed by atoms with E-state index in [4.69, 9.17) is 4.74 Å². The standard InChI is InChI=1S/C20H25NO4/c1-15-6-5-9-17(14-15)25-20(19(23)24)10-12-21(13-11-20)18(22)16-7-3-2-4-8-16/h2-3,5-6,9,14,16H,4,7-8,10-13H2,1H3,(H,23,24)/t16-/m0/s1. The van der Waals surface area contributed by atoms with Gasteiger partial charge in [-0.05, 0) is 43.9 Å². The van der Waals surface area contributed by atoms with Gasteiger partial charge in [0.05, 0.1) is 0 Å². The summed E-state index contributed by atoms with van der Waals surface area (Å²) in [6.45, 7) is 2.80. The van der Waals surface area contributed by atoms with Crippen LogP contribution in [0.4, 0.5) is 0 Å². The molecule has 1 aliphatic heterocycles. The maximum absolute atomic E-state index is 12.6. The highest BCUT2D eigenvalue weighted by Crippen LogP contribution is 2.31. The van der Waals surface area contributed by atoms with Gasteiger partial charge in [0.1, 0.15) is 5.75 Å². The monoisotopic (exact) mass is 343 g/mol. The van der Waals surface area contributed by atoms with E-state index in [9.17, 15) is 14.7 Å². The summed E-state index contributed by atoms with van der Waals surface area (Å²) in [6, 6.07) is 7.43. The lowest BCUT2D eigenvalue weighted by Gasteiger charge is -2.40. The first-order valence-corrected chi connectivity index (χ1v) is 8.93. The van der Waals surface area contributed by atoms with Crippen LogP contribution in [0.15, 0.2) is 36.4 Å². The number of ether oxygens (including phenoxy) is 1. The number of aliphatic carboxylic acids is 1. The molecule has 1 fully saturated rings. The minimum Gasteiger partial charge on any atom is -0.478 e. The van der Waals surface area contributed by atoms with Crippen molar-refractivity contribution in [2.45, 2.75) is 44.6 Å². The first-order valence-electron chi connectivity index (χ1n) is 8.93. The van der Waals surface area contributed by atoms with E-state index in [1.165, 1.54) is 0 Å².